The molecule has 0 atom stereocenters. The molecule has 0 saturated carbocycles. The Hall–Kier alpha value is -4.08. The number of rotatable bonds is 4. The van der Waals surface area contributed by atoms with Crippen LogP contribution in [0.5, 0.6) is 0 Å². The summed E-state index contributed by atoms with van der Waals surface area (Å²) in [6.45, 7) is 4.89. The van der Waals surface area contributed by atoms with Crippen molar-refractivity contribution in [3.05, 3.63) is 149 Å². The third-order valence-electron chi connectivity index (χ3n) is 6.78. The molecule has 1 heteroatoms. The van der Waals surface area contributed by atoms with Crippen molar-refractivity contribution in [3.63, 3.8) is 0 Å². The summed E-state index contributed by atoms with van der Waals surface area (Å²) in [5.74, 6) is 5.26. The standard InChI is InChI=1S/C34H25Si/c1-5-25-17-21-29(22-18-25)33-31(27-13-9-7-10-14-27)32(28-15-11-8-12-16-28)34(35(33,3)4)30-23-19-26(6-2)20-24-30/h1,7-24H,3-4H3/q+1. The molecule has 4 aromatic rings. The van der Waals surface area contributed by atoms with Crippen molar-refractivity contribution in [2.24, 2.45) is 0 Å². The molecule has 0 spiro atoms. The molecular weight excluding hydrogens is 436 g/mol. The quantitative estimate of drug-likeness (QED) is 0.164. The van der Waals surface area contributed by atoms with Gasteiger partial charge in [0.05, 0.1) is 0 Å². The molecule has 0 N–H and O–H groups in total. The molecule has 4 aromatic carbocycles. The van der Waals surface area contributed by atoms with Crippen LogP contribution in [0, 0.1) is 24.7 Å². The Labute approximate surface area is 209 Å². The number of benzene rings is 4. The molecule has 0 unspecified atom stereocenters. The Morgan fingerprint density at radius 3 is 1.31 bits per heavy atom. The summed E-state index contributed by atoms with van der Waals surface area (Å²) >= 11 is 0. The summed E-state index contributed by atoms with van der Waals surface area (Å²) < 4.78 is 0. The van der Waals surface area contributed by atoms with E-state index in [2.05, 4.69) is 110 Å². The molecule has 1 aliphatic rings. The van der Waals surface area contributed by atoms with Gasteiger partial charge in [0.15, 0.2) is 0 Å². The minimum atomic E-state index is -2.19. The first-order valence-electron chi connectivity index (χ1n) is 11.8. The average Bonchev–Trinajstić information content (AvgIpc) is 3.16. The van der Waals surface area contributed by atoms with Crippen molar-refractivity contribution >= 4 is 29.6 Å². The number of allylic oxidation sites excluding steroid dienone is 2. The van der Waals surface area contributed by atoms with E-state index in [9.17, 15) is 0 Å². The van der Waals surface area contributed by atoms with E-state index in [1.165, 1.54) is 43.8 Å². The van der Waals surface area contributed by atoms with Gasteiger partial charge in [-0.05, 0) is 0 Å². The van der Waals surface area contributed by atoms with Crippen molar-refractivity contribution in [1.82, 2.24) is 0 Å². The second-order valence-electron chi connectivity index (χ2n) is 9.28. The second kappa shape index (κ2) is 9.28. The molecule has 0 saturated heterocycles. The van der Waals surface area contributed by atoms with Crippen LogP contribution in [-0.4, -0.2) is 8.07 Å². The summed E-state index contributed by atoms with van der Waals surface area (Å²) in [4.78, 5) is 0. The van der Waals surface area contributed by atoms with E-state index in [1.54, 1.807) is 0 Å². The van der Waals surface area contributed by atoms with Crippen LogP contribution in [0.15, 0.2) is 109 Å². The number of hydrogen-bond donors (Lipinski definition) is 0. The molecule has 0 bridgehead atoms. The molecule has 1 aliphatic heterocycles. The zero-order valence-electron chi connectivity index (χ0n) is 20.0. The molecule has 35 heavy (non-hydrogen) atoms. The molecule has 5 rings (SSSR count). The van der Waals surface area contributed by atoms with E-state index < -0.39 is 8.07 Å². The Bertz CT molecular complexity index is 1400. The number of hydrogen-bond acceptors (Lipinski definition) is 0. The summed E-state index contributed by atoms with van der Waals surface area (Å²) in [6.07, 6.45) is 13.2. The van der Waals surface area contributed by atoms with Gasteiger partial charge in [0, 0.05) is 0 Å². The van der Waals surface area contributed by atoms with Gasteiger partial charge in [0.1, 0.15) is 0 Å². The summed E-state index contributed by atoms with van der Waals surface area (Å²) in [6, 6.07) is 38.2. The van der Waals surface area contributed by atoms with E-state index in [1.807, 2.05) is 24.3 Å². The maximum absolute atomic E-state index is 7.52. The summed E-state index contributed by atoms with van der Waals surface area (Å²) in [5.41, 5.74) is 9.17. The van der Waals surface area contributed by atoms with Crippen LogP contribution < -0.4 is 0 Å². The van der Waals surface area contributed by atoms with Gasteiger partial charge in [0.2, 0.25) is 0 Å². The second-order valence-corrected chi connectivity index (χ2v) is 13.5. The topological polar surface area (TPSA) is 0 Å². The molecule has 0 amide bonds. The van der Waals surface area contributed by atoms with Crippen molar-refractivity contribution in [2.75, 3.05) is 0 Å². The van der Waals surface area contributed by atoms with Gasteiger partial charge in [-0.25, -0.2) is 0 Å². The fraction of sp³-hybridized carbons (Fsp3) is 0.0588. The van der Waals surface area contributed by atoms with E-state index in [0.717, 1.165) is 11.1 Å². The van der Waals surface area contributed by atoms with Crippen molar-refractivity contribution in [2.45, 2.75) is 13.1 Å². The van der Waals surface area contributed by atoms with Gasteiger partial charge in [-0.1, -0.05) is 5.92 Å². The van der Waals surface area contributed by atoms with Crippen LogP contribution in [0.4, 0.5) is 0 Å². The molecular formula is C34H25Si+. The van der Waals surface area contributed by atoms with Gasteiger partial charge in [-0.2, -0.15) is 0 Å². The maximum atomic E-state index is 7.52. The van der Waals surface area contributed by atoms with Crippen LogP contribution in [-0.2, 0) is 0 Å². The molecule has 0 aliphatic carbocycles. The molecule has 1 heterocycles. The predicted octanol–water partition coefficient (Wildman–Crippen LogP) is 7.93. The van der Waals surface area contributed by atoms with Crippen LogP contribution >= 0.6 is 0 Å². The van der Waals surface area contributed by atoms with Gasteiger partial charge in [-0.15, -0.1) is 6.42 Å². The van der Waals surface area contributed by atoms with Gasteiger partial charge in [-0.3, -0.25) is 0 Å². The SMILES string of the molecule is [C+]#Cc1ccc(C2=C(c3ccccc3)C(c3ccccc3)=C(c3ccc(C#C)cc3)[Si]2(C)C)cc1. The third kappa shape index (κ3) is 4.05. The summed E-state index contributed by atoms with van der Waals surface area (Å²) in [7, 11) is -2.19. The van der Waals surface area contributed by atoms with E-state index in [-0.39, 0.29) is 0 Å². The summed E-state index contributed by atoms with van der Waals surface area (Å²) in [5, 5.41) is 2.83. The fourth-order valence-electron chi connectivity index (χ4n) is 5.25. The van der Waals surface area contributed by atoms with Gasteiger partial charge < -0.3 is 0 Å². The van der Waals surface area contributed by atoms with E-state index >= 15 is 0 Å². The van der Waals surface area contributed by atoms with Crippen LogP contribution in [0.1, 0.15) is 33.4 Å². The fourth-order valence-corrected chi connectivity index (χ4v) is 9.07. The first-order valence-corrected chi connectivity index (χ1v) is 14.8. The van der Waals surface area contributed by atoms with Crippen LogP contribution in [0.25, 0.3) is 21.5 Å². The molecule has 164 valence electrons. The molecule has 0 radical (unpaired) electrons. The van der Waals surface area contributed by atoms with Crippen LogP contribution in [0.2, 0.25) is 13.1 Å². The molecule has 0 aromatic heterocycles. The Morgan fingerprint density at radius 1 is 0.543 bits per heavy atom. The Balaban J connectivity index is 1.88. The molecule has 0 fully saturated rings. The van der Waals surface area contributed by atoms with E-state index in [4.69, 9.17) is 12.8 Å². The van der Waals surface area contributed by atoms with Crippen LogP contribution in [0.3, 0.4) is 0 Å². The zero-order chi connectivity index (χ0) is 24.4. The Morgan fingerprint density at radius 2 is 0.943 bits per heavy atom. The third-order valence-corrected chi connectivity index (χ3v) is 10.4. The van der Waals surface area contributed by atoms with Gasteiger partial charge in [0.25, 0.3) is 0 Å². The van der Waals surface area contributed by atoms with Crippen molar-refractivity contribution < 1.29 is 0 Å². The van der Waals surface area contributed by atoms with Crippen molar-refractivity contribution in [3.8, 4) is 18.3 Å². The predicted molar refractivity (Wildman–Crippen MR) is 151 cm³/mol. The zero-order valence-corrected chi connectivity index (χ0v) is 21.0. The van der Waals surface area contributed by atoms with E-state index in [0.29, 0.717) is 0 Å². The van der Waals surface area contributed by atoms with Crippen molar-refractivity contribution in [1.29, 1.82) is 0 Å². The normalized spacial score (nSPS) is 14.6. The first kappa shape index (κ1) is 22.7. The average molecular weight is 462 g/mol. The van der Waals surface area contributed by atoms with Gasteiger partial charge >= 0.3 is 198 Å². The molecule has 0 nitrogen and oxygen atoms in total. The monoisotopic (exact) mass is 461 g/mol. The first-order chi connectivity index (χ1) is 17.0. The Kier molecular flexibility index (Phi) is 6.02. The minimum absolute atomic E-state index is 0.786. The number of terminal acetylenes is 1.